The standard InChI is InChI=1S/C18H31N/c1-7-8-15-9-10-18(14(2)11-15)12-16(3,4)19-17(5,6)13-18/h7,15,19H,1-2,8-13H2,3-6H3. The quantitative estimate of drug-likeness (QED) is 0.701. The molecule has 1 unspecified atom stereocenters. The van der Waals surface area contributed by atoms with Crippen LogP contribution in [-0.2, 0) is 0 Å². The van der Waals surface area contributed by atoms with E-state index >= 15 is 0 Å². The Hall–Kier alpha value is -0.560. The molecule has 1 saturated heterocycles. The lowest BCUT2D eigenvalue weighted by molar-refractivity contribution is 0.0462. The van der Waals surface area contributed by atoms with Gasteiger partial charge in [0.15, 0.2) is 0 Å². The second-order valence-electron chi connectivity index (χ2n) is 8.26. The number of hydrogen-bond acceptors (Lipinski definition) is 1. The zero-order valence-electron chi connectivity index (χ0n) is 13.3. The first kappa shape index (κ1) is 14.8. The number of hydrogen-bond donors (Lipinski definition) is 1. The molecule has 108 valence electrons. The largest absolute Gasteiger partial charge is 0.307 e. The molecule has 1 spiro atoms. The van der Waals surface area contributed by atoms with E-state index in [9.17, 15) is 0 Å². The highest BCUT2D eigenvalue weighted by Crippen LogP contribution is 2.54. The zero-order chi connectivity index (χ0) is 14.3. The minimum absolute atomic E-state index is 0.218. The lowest BCUT2D eigenvalue weighted by Crippen LogP contribution is -2.61. The van der Waals surface area contributed by atoms with E-state index < -0.39 is 0 Å². The zero-order valence-corrected chi connectivity index (χ0v) is 13.3. The maximum Gasteiger partial charge on any atom is 0.0138 e. The average Bonchev–Trinajstić information content (AvgIpc) is 2.20. The van der Waals surface area contributed by atoms with Crippen LogP contribution in [0.4, 0.5) is 0 Å². The minimum Gasteiger partial charge on any atom is -0.307 e. The van der Waals surface area contributed by atoms with E-state index in [2.05, 4.69) is 52.2 Å². The molecule has 0 radical (unpaired) electrons. The SMILES string of the molecule is C=CCC1CCC2(CC(C)(C)NC(C)(C)C2)C(=C)C1. The highest BCUT2D eigenvalue weighted by molar-refractivity contribution is 5.21. The Morgan fingerprint density at radius 3 is 2.26 bits per heavy atom. The molecule has 2 rings (SSSR count). The summed E-state index contributed by atoms with van der Waals surface area (Å²) in [5.74, 6) is 0.789. The Morgan fingerprint density at radius 2 is 1.79 bits per heavy atom. The molecule has 19 heavy (non-hydrogen) atoms. The Kier molecular flexibility index (Phi) is 3.72. The summed E-state index contributed by atoms with van der Waals surface area (Å²) < 4.78 is 0. The second kappa shape index (κ2) is 4.77. The van der Waals surface area contributed by atoms with Crippen LogP contribution in [-0.4, -0.2) is 11.1 Å². The van der Waals surface area contributed by atoms with Gasteiger partial charge in [0.25, 0.3) is 0 Å². The van der Waals surface area contributed by atoms with Gasteiger partial charge in [-0.2, -0.15) is 0 Å². The van der Waals surface area contributed by atoms with Gasteiger partial charge in [-0.3, -0.25) is 0 Å². The first-order valence-electron chi connectivity index (χ1n) is 7.77. The van der Waals surface area contributed by atoms with Gasteiger partial charge in [-0.05, 0) is 77.6 Å². The van der Waals surface area contributed by atoms with Crippen molar-refractivity contribution in [3.63, 3.8) is 0 Å². The predicted molar refractivity (Wildman–Crippen MR) is 84.3 cm³/mol. The van der Waals surface area contributed by atoms with Gasteiger partial charge in [-0.15, -0.1) is 6.58 Å². The van der Waals surface area contributed by atoms with E-state index in [1.807, 2.05) is 0 Å². The molecule has 1 aliphatic carbocycles. The van der Waals surface area contributed by atoms with E-state index in [1.165, 1.54) is 37.7 Å². The molecule has 2 fully saturated rings. The summed E-state index contributed by atoms with van der Waals surface area (Å²) in [6, 6.07) is 0. The fourth-order valence-corrected chi connectivity index (χ4v) is 4.95. The Labute approximate surface area is 119 Å². The van der Waals surface area contributed by atoms with Gasteiger partial charge < -0.3 is 5.32 Å². The smallest absolute Gasteiger partial charge is 0.0138 e. The van der Waals surface area contributed by atoms with E-state index in [4.69, 9.17) is 0 Å². The molecular formula is C18H31N. The van der Waals surface area contributed by atoms with Crippen molar-refractivity contribution in [1.29, 1.82) is 0 Å². The summed E-state index contributed by atoms with van der Waals surface area (Å²) in [5.41, 5.74) is 2.32. The maximum absolute atomic E-state index is 4.49. The molecule has 1 nitrogen and oxygen atoms in total. The van der Waals surface area contributed by atoms with Crippen molar-refractivity contribution in [2.45, 2.75) is 77.3 Å². The summed E-state index contributed by atoms with van der Waals surface area (Å²) >= 11 is 0. The van der Waals surface area contributed by atoms with Crippen LogP contribution in [0.5, 0.6) is 0 Å². The highest BCUT2D eigenvalue weighted by atomic mass is 15.1. The molecular weight excluding hydrogens is 230 g/mol. The monoisotopic (exact) mass is 261 g/mol. The fraction of sp³-hybridized carbons (Fsp3) is 0.778. The van der Waals surface area contributed by atoms with E-state index in [1.54, 1.807) is 0 Å². The maximum atomic E-state index is 4.49. The van der Waals surface area contributed by atoms with Crippen molar-refractivity contribution in [1.82, 2.24) is 5.32 Å². The van der Waals surface area contributed by atoms with Crippen LogP contribution in [0, 0.1) is 11.3 Å². The molecule has 0 bridgehead atoms. The summed E-state index contributed by atoms with van der Waals surface area (Å²) in [5, 5.41) is 3.80. The first-order chi connectivity index (χ1) is 8.68. The third kappa shape index (κ3) is 3.13. The van der Waals surface area contributed by atoms with Crippen LogP contribution in [0.2, 0.25) is 0 Å². The van der Waals surface area contributed by atoms with Crippen molar-refractivity contribution in [3.8, 4) is 0 Å². The van der Waals surface area contributed by atoms with Crippen LogP contribution in [0.3, 0.4) is 0 Å². The predicted octanol–water partition coefficient (Wildman–Crippen LogP) is 4.85. The molecule has 1 heteroatoms. The van der Waals surface area contributed by atoms with Gasteiger partial charge in [0.2, 0.25) is 0 Å². The summed E-state index contributed by atoms with van der Waals surface area (Å²) in [6.07, 6.45) is 9.58. The van der Waals surface area contributed by atoms with Crippen molar-refractivity contribution < 1.29 is 0 Å². The number of allylic oxidation sites excluding steroid dienone is 2. The van der Waals surface area contributed by atoms with Crippen molar-refractivity contribution in [2.24, 2.45) is 11.3 Å². The average molecular weight is 261 g/mol. The van der Waals surface area contributed by atoms with Gasteiger partial charge in [0.05, 0.1) is 0 Å². The lowest BCUT2D eigenvalue weighted by Gasteiger charge is -2.56. The molecule has 0 amide bonds. The van der Waals surface area contributed by atoms with Crippen LogP contribution >= 0.6 is 0 Å². The van der Waals surface area contributed by atoms with Crippen molar-refractivity contribution in [2.75, 3.05) is 0 Å². The van der Waals surface area contributed by atoms with Crippen molar-refractivity contribution >= 4 is 0 Å². The fourth-order valence-electron chi connectivity index (χ4n) is 4.95. The lowest BCUT2D eigenvalue weighted by atomic mass is 9.56. The molecule has 0 aromatic heterocycles. The molecule has 1 saturated carbocycles. The topological polar surface area (TPSA) is 12.0 Å². The molecule has 1 heterocycles. The molecule has 0 aromatic rings. The van der Waals surface area contributed by atoms with Crippen LogP contribution < -0.4 is 5.32 Å². The third-order valence-corrected chi connectivity index (χ3v) is 5.05. The van der Waals surface area contributed by atoms with Crippen LogP contribution in [0.25, 0.3) is 0 Å². The highest BCUT2D eigenvalue weighted by Gasteiger charge is 2.49. The number of piperidine rings is 1. The normalized spacial score (nSPS) is 32.2. The van der Waals surface area contributed by atoms with Crippen molar-refractivity contribution in [3.05, 3.63) is 24.8 Å². The summed E-state index contributed by atoms with van der Waals surface area (Å²) in [7, 11) is 0. The van der Waals surface area contributed by atoms with E-state index in [0.29, 0.717) is 5.41 Å². The van der Waals surface area contributed by atoms with Gasteiger partial charge in [0.1, 0.15) is 0 Å². The minimum atomic E-state index is 0.218. The number of rotatable bonds is 2. The van der Waals surface area contributed by atoms with Gasteiger partial charge in [-0.25, -0.2) is 0 Å². The van der Waals surface area contributed by atoms with Gasteiger partial charge >= 0.3 is 0 Å². The molecule has 1 atom stereocenters. The van der Waals surface area contributed by atoms with E-state index in [-0.39, 0.29) is 11.1 Å². The second-order valence-corrected chi connectivity index (χ2v) is 8.26. The summed E-state index contributed by atoms with van der Waals surface area (Å²) in [6.45, 7) is 17.8. The van der Waals surface area contributed by atoms with Gasteiger partial charge in [-0.1, -0.05) is 18.2 Å². The van der Waals surface area contributed by atoms with Crippen LogP contribution in [0.15, 0.2) is 24.8 Å². The van der Waals surface area contributed by atoms with Crippen LogP contribution in [0.1, 0.15) is 66.2 Å². The molecule has 2 aliphatic rings. The first-order valence-corrected chi connectivity index (χ1v) is 7.77. The Bertz CT molecular complexity index is 359. The molecule has 1 N–H and O–H groups in total. The Morgan fingerprint density at radius 1 is 1.21 bits per heavy atom. The number of nitrogens with one attached hydrogen (secondary N) is 1. The van der Waals surface area contributed by atoms with E-state index in [0.717, 1.165) is 12.3 Å². The summed E-state index contributed by atoms with van der Waals surface area (Å²) in [4.78, 5) is 0. The van der Waals surface area contributed by atoms with Gasteiger partial charge in [0, 0.05) is 11.1 Å². The molecule has 1 aliphatic heterocycles. The Balaban J connectivity index is 2.19. The molecule has 0 aromatic carbocycles. The third-order valence-electron chi connectivity index (χ3n) is 5.05.